The summed E-state index contributed by atoms with van der Waals surface area (Å²) >= 11 is 0. The van der Waals surface area contributed by atoms with Gasteiger partial charge in [0.25, 0.3) is 0 Å². The Labute approximate surface area is 140 Å². The minimum absolute atomic E-state index is 0.0885. The standard InChI is InChI=1S/C14H20N6O3S/c1-20(2)9-10-5-6-16-11(7-10)3-4-12(21)8-17-14-13(15)18-24(22,23)19-14/h5-7H,3-4,8-9H2,1-2H3,(H2,15,18)(H,17,19). The fourth-order valence-corrected chi connectivity index (χ4v) is 2.93. The average molecular weight is 352 g/mol. The van der Waals surface area contributed by atoms with Crippen molar-refractivity contribution >= 4 is 27.7 Å². The second kappa shape index (κ2) is 7.49. The minimum atomic E-state index is -3.81. The van der Waals surface area contributed by atoms with E-state index in [0.29, 0.717) is 6.42 Å². The molecule has 24 heavy (non-hydrogen) atoms. The van der Waals surface area contributed by atoms with Crippen molar-refractivity contribution in [3.8, 4) is 0 Å². The van der Waals surface area contributed by atoms with Crippen LogP contribution in [0.5, 0.6) is 0 Å². The number of aliphatic imine (C=N–C) groups is 1. The van der Waals surface area contributed by atoms with Crippen LogP contribution in [-0.2, 0) is 28.0 Å². The summed E-state index contributed by atoms with van der Waals surface area (Å²) in [6.07, 6.45) is 2.49. The minimum Gasteiger partial charge on any atom is -0.380 e. The number of aromatic nitrogens is 1. The molecule has 3 N–H and O–H groups in total. The molecule has 0 spiro atoms. The molecule has 0 atom stereocenters. The van der Waals surface area contributed by atoms with Gasteiger partial charge in [0.15, 0.2) is 17.5 Å². The van der Waals surface area contributed by atoms with Gasteiger partial charge in [0.05, 0.1) is 0 Å². The zero-order chi connectivity index (χ0) is 17.7. The first-order chi connectivity index (χ1) is 11.2. The molecule has 0 unspecified atom stereocenters. The number of nitrogens with one attached hydrogen (secondary N) is 1. The molecule has 1 aromatic heterocycles. The van der Waals surface area contributed by atoms with E-state index in [1.807, 2.05) is 26.2 Å². The molecule has 2 rings (SSSR count). The fourth-order valence-electron chi connectivity index (χ4n) is 2.13. The van der Waals surface area contributed by atoms with E-state index >= 15 is 0 Å². The van der Waals surface area contributed by atoms with Crippen LogP contribution < -0.4 is 10.5 Å². The van der Waals surface area contributed by atoms with Gasteiger partial charge >= 0.3 is 10.2 Å². The number of rotatable bonds is 7. The van der Waals surface area contributed by atoms with Gasteiger partial charge in [-0.3, -0.25) is 14.8 Å². The zero-order valence-corrected chi connectivity index (χ0v) is 14.4. The predicted molar refractivity (Wildman–Crippen MR) is 90.9 cm³/mol. The van der Waals surface area contributed by atoms with Crippen LogP contribution in [0.1, 0.15) is 17.7 Å². The van der Waals surface area contributed by atoms with Gasteiger partial charge in [-0.25, -0.2) is 4.72 Å². The number of ketones is 1. The summed E-state index contributed by atoms with van der Waals surface area (Å²) in [5.74, 6) is -0.462. The Bertz CT molecular complexity index is 785. The lowest BCUT2D eigenvalue weighted by Crippen LogP contribution is -2.31. The number of aryl methyl sites for hydroxylation is 1. The number of amidine groups is 2. The molecule has 10 heteroatoms. The molecule has 1 aliphatic rings. The van der Waals surface area contributed by atoms with E-state index in [4.69, 9.17) is 5.73 Å². The third-order valence-corrected chi connectivity index (χ3v) is 4.03. The summed E-state index contributed by atoms with van der Waals surface area (Å²) < 4.78 is 27.6. The summed E-state index contributed by atoms with van der Waals surface area (Å²) in [5, 5.41) is 0. The zero-order valence-electron chi connectivity index (χ0n) is 13.6. The molecule has 0 amide bonds. The number of hydrogen-bond donors (Lipinski definition) is 2. The van der Waals surface area contributed by atoms with E-state index in [1.165, 1.54) is 0 Å². The number of carbonyl (C=O) groups excluding carboxylic acids is 1. The highest BCUT2D eigenvalue weighted by atomic mass is 32.2. The molecule has 0 bridgehead atoms. The second-order valence-electron chi connectivity index (χ2n) is 5.65. The first kappa shape index (κ1) is 18.0. The van der Waals surface area contributed by atoms with E-state index in [-0.39, 0.29) is 30.4 Å². The van der Waals surface area contributed by atoms with Crippen molar-refractivity contribution in [2.24, 2.45) is 15.1 Å². The summed E-state index contributed by atoms with van der Waals surface area (Å²) in [6.45, 7) is 0.640. The molecule has 0 aromatic carbocycles. The highest BCUT2D eigenvalue weighted by Gasteiger charge is 2.23. The number of carbonyl (C=O) groups is 1. The summed E-state index contributed by atoms with van der Waals surface area (Å²) in [4.78, 5) is 22.1. The molecular weight excluding hydrogens is 332 g/mol. The van der Waals surface area contributed by atoms with Crippen LogP contribution in [-0.4, -0.2) is 56.4 Å². The number of nitrogens with zero attached hydrogens (tertiary/aromatic N) is 4. The van der Waals surface area contributed by atoms with Crippen molar-refractivity contribution in [1.29, 1.82) is 0 Å². The number of hydrogen-bond acceptors (Lipinski definition) is 7. The predicted octanol–water partition coefficient (Wildman–Crippen LogP) is -0.751. The van der Waals surface area contributed by atoms with Crippen molar-refractivity contribution in [3.63, 3.8) is 0 Å². The Morgan fingerprint density at radius 2 is 2.17 bits per heavy atom. The lowest BCUT2D eigenvalue weighted by Gasteiger charge is -2.10. The Kier molecular flexibility index (Phi) is 5.62. The molecule has 0 saturated carbocycles. The molecular formula is C14H20N6O3S. The molecule has 1 aromatic rings. The second-order valence-corrected chi connectivity index (χ2v) is 6.99. The van der Waals surface area contributed by atoms with Crippen LogP contribution in [0.3, 0.4) is 0 Å². The van der Waals surface area contributed by atoms with Gasteiger partial charge in [-0.05, 0) is 38.2 Å². The maximum atomic E-state index is 11.9. The molecule has 1 aliphatic heterocycles. The highest BCUT2D eigenvalue weighted by Crippen LogP contribution is 2.07. The quantitative estimate of drug-likeness (QED) is 0.664. The molecule has 0 saturated heterocycles. The van der Waals surface area contributed by atoms with Crippen LogP contribution in [0.2, 0.25) is 0 Å². The van der Waals surface area contributed by atoms with Crippen LogP contribution in [0.4, 0.5) is 0 Å². The van der Waals surface area contributed by atoms with Crippen LogP contribution in [0.15, 0.2) is 27.7 Å². The Morgan fingerprint density at radius 3 is 2.79 bits per heavy atom. The molecule has 2 heterocycles. The van der Waals surface area contributed by atoms with Crippen molar-refractivity contribution in [2.75, 3.05) is 20.6 Å². The maximum Gasteiger partial charge on any atom is 0.345 e. The van der Waals surface area contributed by atoms with E-state index in [9.17, 15) is 13.2 Å². The molecule has 9 nitrogen and oxygen atoms in total. The van der Waals surface area contributed by atoms with Crippen molar-refractivity contribution < 1.29 is 13.2 Å². The van der Waals surface area contributed by atoms with E-state index in [2.05, 4.69) is 24.0 Å². The monoisotopic (exact) mass is 352 g/mol. The van der Waals surface area contributed by atoms with Gasteiger partial charge in [-0.2, -0.15) is 8.42 Å². The Balaban J connectivity index is 1.87. The topological polar surface area (TPSA) is 130 Å². The SMILES string of the molecule is CN(C)Cc1ccnc(CCC(=O)CN=C2NS(=O)(=O)N=C2N)c1. The van der Waals surface area contributed by atoms with Crippen molar-refractivity contribution in [1.82, 2.24) is 14.6 Å². The van der Waals surface area contributed by atoms with Gasteiger partial charge < -0.3 is 10.6 Å². The lowest BCUT2D eigenvalue weighted by atomic mass is 10.1. The normalized spacial score (nSPS) is 17.8. The van der Waals surface area contributed by atoms with Gasteiger partial charge in [0, 0.05) is 24.9 Å². The third-order valence-electron chi connectivity index (χ3n) is 3.14. The Morgan fingerprint density at radius 1 is 1.42 bits per heavy atom. The van der Waals surface area contributed by atoms with E-state index in [0.717, 1.165) is 17.8 Å². The van der Waals surface area contributed by atoms with Gasteiger partial charge in [-0.1, -0.05) is 0 Å². The largest absolute Gasteiger partial charge is 0.380 e. The summed E-state index contributed by atoms with van der Waals surface area (Å²) in [7, 11) is 0.157. The van der Waals surface area contributed by atoms with E-state index in [1.54, 1.807) is 6.20 Å². The molecule has 0 radical (unpaired) electrons. The molecule has 0 aliphatic carbocycles. The first-order valence-corrected chi connectivity index (χ1v) is 8.72. The summed E-state index contributed by atoms with van der Waals surface area (Å²) in [6, 6.07) is 3.90. The smallest absolute Gasteiger partial charge is 0.345 e. The maximum absolute atomic E-state index is 11.9. The van der Waals surface area contributed by atoms with Crippen LogP contribution in [0.25, 0.3) is 0 Å². The lowest BCUT2D eigenvalue weighted by molar-refractivity contribution is -0.117. The fraction of sp³-hybridized carbons (Fsp3) is 0.429. The number of Topliss-reactive ketones (excluding diaryl/α,β-unsaturated/α-hetero) is 1. The van der Waals surface area contributed by atoms with E-state index < -0.39 is 10.2 Å². The van der Waals surface area contributed by atoms with Crippen LogP contribution in [0, 0.1) is 0 Å². The van der Waals surface area contributed by atoms with Crippen molar-refractivity contribution in [3.05, 3.63) is 29.6 Å². The van der Waals surface area contributed by atoms with Crippen LogP contribution >= 0.6 is 0 Å². The Hall–Kier alpha value is -2.33. The van der Waals surface area contributed by atoms with Crippen molar-refractivity contribution in [2.45, 2.75) is 19.4 Å². The number of nitrogens with two attached hydrogens (primary N) is 1. The van der Waals surface area contributed by atoms with Gasteiger partial charge in [0.2, 0.25) is 0 Å². The van der Waals surface area contributed by atoms with Gasteiger partial charge in [0.1, 0.15) is 6.54 Å². The molecule has 0 fully saturated rings. The first-order valence-electron chi connectivity index (χ1n) is 7.28. The summed E-state index contributed by atoms with van der Waals surface area (Å²) in [5.41, 5.74) is 7.37. The number of pyridine rings is 1. The van der Waals surface area contributed by atoms with Gasteiger partial charge in [-0.15, -0.1) is 4.40 Å². The average Bonchev–Trinajstić information content (AvgIpc) is 2.75. The third kappa shape index (κ3) is 5.39. The molecule has 130 valence electrons. The highest BCUT2D eigenvalue weighted by molar-refractivity contribution is 7.89.